The van der Waals surface area contributed by atoms with Gasteiger partial charge in [0.25, 0.3) is 0 Å². The average molecular weight is 433 g/mol. The number of hydrogen-bond acceptors (Lipinski definition) is 3. The van der Waals surface area contributed by atoms with Crippen LogP contribution in [0.3, 0.4) is 0 Å². The average Bonchev–Trinajstić information content (AvgIpc) is 2.67. The van der Waals surface area contributed by atoms with Gasteiger partial charge in [-0.1, -0.05) is 30.3 Å². The van der Waals surface area contributed by atoms with Gasteiger partial charge in [-0.25, -0.2) is 17.2 Å². The maximum atomic E-state index is 15.3. The van der Waals surface area contributed by atoms with E-state index in [-0.39, 0.29) is 37.8 Å². The van der Waals surface area contributed by atoms with Crippen LogP contribution in [-0.2, 0) is 22.6 Å². The molecule has 1 fully saturated rings. The summed E-state index contributed by atoms with van der Waals surface area (Å²) in [5.74, 6) is -1.37. The predicted octanol–water partition coefficient (Wildman–Crippen LogP) is 5.02. The fraction of sp³-hybridized carbons (Fsp3) is 0.400. The summed E-state index contributed by atoms with van der Waals surface area (Å²) >= 11 is 0. The van der Waals surface area contributed by atoms with Gasteiger partial charge in [-0.2, -0.15) is 13.2 Å². The Labute approximate surface area is 165 Å². The van der Waals surface area contributed by atoms with Crippen molar-refractivity contribution in [3.63, 3.8) is 0 Å². The highest BCUT2D eigenvalue weighted by Crippen LogP contribution is 2.41. The Balaban J connectivity index is 1.73. The fourth-order valence-corrected chi connectivity index (χ4v) is 5.22. The number of rotatable bonds is 5. The minimum atomic E-state index is -4.94. The van der Waals surface area contributed by atoms with E-state index in [1.807, 2.05) is 30.3 Å². The quantitative estimate of drug-likeness (QED) is 0.674. The lowest BCUT2D eigenvalue weighted by Crippen LogP contribution is -2.43. The molecule has 0 atom stereocenters. The standard InChI is InChI=1S/C20H20F5NO2S/c21-16-10-15(20(23,24)25)11-18(12-16)29(27,28)19(22)8-6-17(7-9-19)26-13-14-4-2-1-3-5-14/h1-5,10-12,17,26H,6-9,13H2/t17-,19-. The van der Waals surface area contributed by atoms with E-state index >= 15 is 4.39 Å². The summed E-state index contributed by atoms with van der Waals surface area (Å²) in [6.45, 7) is 0.538. The van der Waals surface area contributed by atoms with Gasteiger partial charge in [0.2, 0.25) is 14.8 Å². The molecule has 158 valence electrons. The molecule has 1 aliphatic carbocycles. The Morgan fingerprint density at radius 1 is 1.03 bits per heavy atom. The maximum Gasteiger partial charge on any atom is 0.416 e. The Morgan fingerprint density at radius 2 is 1.66 bits per heavy atom. The van der Waals surface area contributed by atoms with Crippen LogP contribution < -0.4 is 5.32 Å². The lowest BCUT2D eigenvalue weighted by atomic mass is 9.93. The zero-order valence-electron chi connectivity index (χ0n) is 15.3. The minimum absolute atomic E-state index is 0.118. The first-order valence-corrected chi connectivity index (χ1v) is 10.6. The molecule has 1 N–H and O–H groups in total. The van der Waals surface area contributed by atoms with Crippen molar-refractivity contribution in [3.05, 3.63) is 65.5 Å². The van der Waals surface area contributed by atoms with Crippen molar-refractivity contribution in [2.75, 3.05) is 0 Å². The van der Waals surface area contributed by atoms with Gasteiger partial charge in [-0.15, -0.1) is 0 Å². The summed E-state index contributed by atoms with van der Waals surface area (Å²) in [4.78, 5) is -0.983. The Kier molecular flexibility index (Phi) is 6.01. The molecule has 0 spiro atoms. The Hall–Kier alpha value is -2.00. The normalized spacial score (nSPS) is 23.1. The van der Waals surface area contributed by atoms with Gasteiger partial charge in [-0.05, 0) is 49.4 Å². The molecule has 3 nitrogen and oxygen atoms in total. The highest BCUT2D eigenvalue weighted by molar-refractivity contribution is 7.92. The molecule has 0 saturated heterocycles. The lowest BCUT2D eigenvalue weighted by Gasteiger charge is -2.34. The summed E-state index contributed by atoms with van der Waals surface area (Å²) in [5, 5.41) is 0.507. The highest BCUT2D eigenvalue weighted by atomic mass is 32.2. The van der Waals surface area contributed by atoms with Crippen molar-refractivity contribution in [2.24, 2.45) is 0 Å². The molecule has 1 saturated carbocycles. The van der Waals surface area contributed by atoms with Crippen LogP contribution in [0.5, 0.6) is 0 Å². The second-order valence-corrected chi connectivity index (χ2v) is 9.41. The molecule has 29 heavy (non-hydrogen) atoms. The lowest BCUT2D eigenvalue weighted by molar-refractivity contribution is -0.137. The molecule has 1 aliphatic rings. The number of halogens is 5. The van der Waals surface area contributed by atoms with Crippen LogP contribution in [-0.4, -0.2) is 19.5 Å². The van der Waals surface area contributed by atoms with Crippen LogP contribution in [0.2, 0.25) is 0 Å². The van der Waals surface area contributed by atoms with E-state index in [1.165, 1.54) is 0 Å². The third kappa shape index (κ3) is 4.78. The van der Waals surface area contributed by atoms with Crippen molar-refractivity contribution < 1.29 is 30.4 Å². The van der Waals surface area contributed by atoms with Gasteiger partial charge < -0.3 is 5.32 Å². The molecule has 9 heteroatoms. The molecule has 3 rings (SSSR count). The SMILES string of the molecule is O=S(=O)(c1cc(F)cc(C(F)(F)F)c1)[C@]1(F)CC[C@@H](NCc2ccccc2)CC1. The zero-order chi connectivity index (χ0) is 21.3. The van der Waals surface area contributed by atoms with E-state index in [2.05, 4.69) is 5.32 Å². The third-order valence-corrected chi connectivity index (χ3v) is 7.39. The van der Waals surface area contributed by atoms with Crippen LogP contribution in [0.4, 0.5) is 22.0 Å². The van der Waals surface area contributed by atoms with Crippen molar-refractivity contribution in [2.45, 2.75) is 54.3 Å². The number of benzene rings is 2. The summed E-state index contributed by atoms with van der Waals surface area (Å²) in [7, 11) is -4.79. The Bertz CT molecular complexity index is 953. The van der Waals surface area contributed by atoms with Crippen molar-refractivity contribution in [1.82, 2.24) is 5.32 Å². The molecule has 0 unspecified atom stereocenters. The maximum absolute atomic E-state index is 15.3. The largest absolute Gasteiger partial charge is 0.416 e. The predicted molar refractivity (Wildman–Crippen MR) is 98.0 cm³/mol. The second kappa shape index (κ2) is 8.02. The van der Waals surface area contributed by atoms with Gasteiger partial charge in [-0.3, -0.25) is 0 Å². The van der Waals surface area contributed by atoms with E-state index in [0.717, 1.165) is 5.56 Å². The number of alkyl halides is 4. The van der Waals surface area contributed by atoms with Crippen LogP contribution in [0.1, 0.15) is 36.8 Å². The van der Waals surface area contributed by atoms with Gasteiger partial charge in [0.05, 0.1) is 10.5 Å². The molecule has 0 radical (unpaired) electrons. The smallest absolute Gasteiger partial charge is 0.310 e. The number of hydrogen-bond donors (Lipinski definition) is 1. The molecule has 0 heterocycles. The van der Waals surface area contributed by atoms with E-state index in [0.29, 0.717) is 18.7 Å². The second-order valence-electron chi connectivity index (χ2n) is 7.20. The van der Waals surface area contributed by atoms with Crippen LogP contribution >= 0.6 is 0 Å². The van der Waals surface area contributed by atoms with Crippen LogP contribution in [0, 0.1) is 5.82 Å². The summed E-state index contributed by atoms with van der Waals surface area (Å²) < 4.78 is 93.0. The highest BCUT2D eigenvalue weighted by Gasteiger charge is 2.48. The zero-order valence-corrected chi connectivity index (χ0v) is 16.2. The van der Waals surface area contributed by atoms with E-state index in [4.69, 9.17) is 0 Å². The van der Waals surface area contributed by atoms with Crippen LogP contribution in [0.25, 0.3) is 0 Å². The van der Waals surface area contributed by atoms with Crippen molar-refractivity contribution >= 4 is 9.84 Å². The van der Waals surface area contributed by atoms with E-state index < -0.39 is 37.3 Å². The molecule has 0 aliphatic heterocycles. The molecule has 0 aromatic heterocycles. The number of sulfone groups is 1. The van der Waals surface area contributed by atoms with Gasteiger partial charge >= 0.3 is 6.18 Å². The molecule has 2 aromatic rings. The third-order valence-electron chi connectivity index (χ3n) is 5.16. The summed E-state index contributed by atoms with van der Waals surface area (Å²) in [6.07, 6.45) is -5.29. The summed E-state index contributed by atoms with van der Waals surface area (Å²) in [6, 6.07) is 10.3. The Morgan fingerprint density at radius 3 is 2.24 bits per heavy atom. The molecular weight excluding hydrogens is 413 g/mol. The van der Waals surface area contributed by atoms with Crippen molar-refractivity contribution in [3.8, 4) is 0 Å². The first-order chi connectivity index (χ1) is 13.5. The fourth-order valence-electron chi connectivity index (χ4n) is 3.47. The van der Waals surface area contributed by atoms with Crippen LogP contribution in [0.15, 0.2) is 53.4 Å². The number of nitrogens with one attached hydrogen (secondary N) is 1. The van der Waals surface area contributed by atoms with E-state index in [9.17, 15) is 26.0 Å². The monoisotopic (exact) mass is 433 g/mol. The summed E-state index contributed by atoms with van der Waals surface area (Å²) in [5.41, 5.74) is -0.436. The topological polar surface area (TPSA) is 46.2 Å². The molecule has 2 aromatic carbocycles. The van der Waals surface area contributed by atoms with E-state index in [1.54, 1.807) is 0 Å². The first kappa shape index (κ1) is 21.7. The molecule has 0 bridgehead atoms. The van der Waals surface area contributed by atoms with Gasteiger partial charge in [0.15, 0.2) is 0 Å². The first-order valence-electron chi connectivity index (χ1n) is 9.10. The van der Waals surface area contributed by atoms with Gasteiger partial charge in [0, 0.05) is 12.6 Å². The van der Waals surface area contributed by atoms with Gasteiger partial charge in [0.1, 0.15) is 5.82 Å². The van der Waals surface area contributed by atoms with Crippen molar-refractivity contribution in [1.29, 1.82) is 0 Å². The molecular formula is C20H20F5NO2S. The minimum Gasteiger partial charge on any atom is -0.310 e. The molecule has 0 amide bonds.